The Morgan fingerprint density at radius 1 is 1.12 bits per heavy atom. The van der Waals surface area contributed by atoms with Crippen LogP contribution in [0, 0.1) is 0 Å². The van der Waals surface area contributed by atoms with Crippen molar-refractivity contribution in [3.8, 4) is 22.0 Å². The van der Waals surface area contributed by atoms with Crippen molar-refractivity contribution in [2.45, 2.75) is 0 Å². The number of methoxy groups -OCH3 is 1. The molecule has 2 aromatic heterocycles. The van der Waals surface area contributed by atoms with Gasteiger partial charge in [-0.25, -0.2) is 4.68 Å². The molecule has 0 atom stereocenters. The fraction of sp³-hybridized carbons (Fsp3) is 0.0556. The summed E-state index contributed by atoms with van der Waals surface area (Å²) in [7, 11) is 1.64. The number of nitrogens with two attached hydrogens (primary N) is 1. The second-order valence-electron chi connectivity index (χ2n) is 5.31. The van der Waals surface area contributed by atoms with E-state index in [1.165, 1.54) is 0 Å². The minimum Gasteiger partial charge on any atom is -0.497 e. The number of anilines is 1. The highest BCUT2D eigenvalue weighted by Gasteiger charge is 2.16. The first kappa shape index (κ1) is 15.1. The Bertz CT molecular complexity index is 1020. The third-order valence-corrected chi connectivity index (χ3v) is 5.52. The van der Waals surface area contributed by atoms with Gasteiger partial charge in [0.05, 0.1) is 22.7 Å². The first-order valence-corrected chi connectivity index (χ1v) is 8.54. The molecule has 2 heterocycles. The molecule has 6 heteroatoms. The summed E-state index contributed by atoms with van der Waals surface area (Å²) in [5.41, 5.74) is 7.80. The van der Waals surface area contributed by atoms with Crippen LogP contribution in [0.15, 0.2) is 54.6 Å². The molecule has 0 aliphatic heterocycles. The van der Waals surface area contributed by atoms with E-state index in [1.54, 1.807) is 23.1 Å². The molecule has 0 saturated heterocycles. The molecule has 0 saturated carbocycles. The average molecular weight is 356 g/mol. The van der Waals surface area contributed by atoms with Gasteiger partial charge in [0.25, 0.3) is 0 Å². The largest absolute Gasteiger partial charge is 0.497 e. The minimum atomic E-state index is 0.559. The van der Waals surface area contributed by atoms with E-state index in [-0.39, 0.29) is 0 Å². The van der Waals surface area contributed by atoms with Gasteiger partial charge in [-0.05, 0) is 30.3 Å². The number of hydrogen-bond donors (Lipinski definition) is 1. The van der Waals surface area contributed by atoms with Gasteiger partial charge >= 0.3 is 0 Å². The lowest BCUT2D eigenvalue weighted by Crippen LogP contribution is -2.01. The van der Waals surface area contributed by atoms with Gasteiger partial charge in [0, 0.05) is 16.2 Å². The molecule has 120 valence electrons. The molecule has 0 bridgehead atoms. The van der Waals surface area contributed by atoms with Gasteiger partial charge in [0.1, 0.15) is 17.3 Å². The Labute approximate surface area is 148 Å². The molecule has 2 N–H and O–H groups in total. The number of benzene rings is 2. The smallest absolute Gasteiger partial charge is 0.127 e. The number of fused-ring (bicyclic) bond motifs is 1. The van der Waals surface area contributed by atoms with E-state index in [0.717, 1.165) is 37.1 Å². The van der Waals surface area contributed by atoms with Crippen LogP contribution in [-0.2, 0) is 0 Å². The van der Waals surface area contributed by atoms with Crippen molar-refractivity contribution in [1.82, 2.24) is 9.78 Å². The molecule has 0 amide bonds. The summed E-state index contributed by atoms with van der Waals surface area (Å²) < 4.78 is 8.02. The summed E-state index contributed by atoms with van der Waals surface area (Å²) in [5, 5.41) is 6.39. The van der Waals surface area contributed by atoms with E-state index < -0.39 is 0 Å². The molecular weight excluding hydrogens is 342 g/mol. The molecule has 0 aliphatic carbocycles. The highest BCUT2D eigenvalue weighted by Crippen LogP contribution is 2.41. The van der Waals surface area contributed by atoms with Gasteiger partial charge in [-0.2, -0.15) is 5.10 Å². The minimum absolute atomic E-state index is 0.559. The van der Waals surface area contributed by atoms with E-state index in [0.29, 0.717) is 5.82 Å². The summed E-state index contributed by atoms with van der Waals surface area (Å²) in [6.07, 6.45) is 0. The number of nitrogen functional groups attached to an aromatic ring is 1. The van der Waals surface area contributed by atoms with Gasteiger partial charge in [0.15, 0.2) is 0 Å². The Morgan fingerprint density at radius 2 is 1.88 bits per heavy atom. The highest BCUT2D eigenvalue weighted by molar-refractivity contribution is 7.23. The molecule has 0 spiro atoms. The first-order valence-electron chi connectivity index (χ1n) is 7.35. The molecule has 2 aromatic carbocycles. The first-order chi connectivity index (χ1) is 11.7. The third kappa shape index (κ3) is 2.42. The number of aromatic nitrogens is 2. The highest BCUT2D eigenvalue weighted by atomic mass is 35.5. The average Bonchev–Trinajstić information content (AvgIpc) is 3.16. The zero-order valence-electron chi connectivity index (χ0n) is 12.9. The maximum atomic E-state index is 6.54. The van der Waals surface area contributed by atoms with Crippen LogP contribution in [0.4, 0.5) is 5.82 Å². The standard InChI is InChI=1S/C18H14ClN3OS/c1-23-12-8-6-11(7-9-12)22-16(20)10-14(21-22)18-17(19)13-4-2-3-5-15(13)24-18/h2-10H,20H2,1H3. The fourth-order valence-electron chi connectivity index (χ4n) is 2.62. The molecule has 0 radical (unpaired) electrons. The van der Waals surface area contributed by atoms with Gasteiger partial charge in [-0.3, -0.25) is 0 Å². The number of ether oxygens (including phenoxy) is 1. The lowest BCUT2D eigenvalue weighted by Gasteiger charge is -2.05. The van der Waals surface area contributed by atoms with Crippen LogP contribution in [0.2, 0.25) is 5.02 Å². The molecule has 0 fully saturated rings. The maximum absolute atomic E-state index is 6.54. The molecule has 4 nitrogen and oxygen atoms in total. The molecule has 4 aromatic rings. The molecule has 0 aliphatic rings. The number of hydrogen-bond acceptors (Lipinski definition) is 4. The topological polar surface area (TPSA) is 53.1 Å². The van der Waals surface area contributed by atoms with Gasteiger partial charge in [-0.15, -0.1) is 11.3 Å². The molecule has 0 unspecified atom stereocenters. The van der Waals surface area contributed by atoms with Crippen LogP contribution in [0.5, 0.6) is 5.75 Å². The zero-order valence-corrected chi connectivity index (χ0v) is 14.4. The second kappa shape index (κ2) is 5.85. The van der Waals surface area contributed by atoms with E-state index in [4.69, 9.17) is 22.1 Å². The molecule has 24 heavy (non-hydrogen) atoms. The quantitative estimate of drug-likeness (QED) is 0.562. The molecular formula is C18H14ClN3OS. The number of halogens is 1. The van der Waals surface area contributed by atoms with E-state index >= 15 is 0 Å². The number of rotatable bonds is 3. The van der Waals surface area contributed by atoms with Crippen molar-refractivity contribution in [3.63, 3.8) is 0 Å². The zero-order chi connectivity index (χ0) is 16.7. The van der Waals surface area contributed by atoms with Crippen molar-refractivity contribution < 1.29 is 4.74 Å². The monoisotopic (exact) mass is 355 g/mol. The van der Waals surface area contributed by atoms with Crippen LogP contribution < -0.4 is 10.5 Å². The summed E-state index contributed by atoms with van der Waals surface area (Å²) in [6.45, 7) is 0. The van der Waals surface area contributed by atoms with Crippen LogP contribution in [0.3, 0.4) is 0 Å². The van der Waals surface area contributed by atoms with Gasteiger partial charge in [-0.1, -0.05) is 29.8 Å². The van der Waals surface area contributed by atoms with Crippen molar-refractivity contribution in [1.29, 1.82) is 0 Å². The van der Waals surface area contributed by atoms with Crippen LogP contribution in [0.1, 0.15) is 0 Å². The van der Waals surface area contributed by atoms with Crippen molar-refractivity contribution in [2.24, 2.45) is 0 Å². The fourth-order valence-corrected chi connectivity index (χ4v) is 4.10. The van der Waals surface area contributed by atoms with Crippen molar-refractivity contribution in [2.75, 3.05) is 12.8 Å². The summed E-state index contributed by atoms with van der Waals surface area (Å²) >= 11 is 8.16. The summed E-state index contributed by atoms with van der Waals surface area (Å²) in [4.78, 5) is 0.928. The Morgan fingerprint density at radius 3 is 2.58 bits per heavy atom. The SMILES string of the molecule is COc1ccc(-n2nc(-c3sc4ccccc4c3Cl)cc2N)cc1. The van der Waals surface area contributed by atoms with Gasteiger partial charge in [0.2, 0.25) is 0 Å². The van der Waals surface area contributed by atoms with Gasteiger partial charge < -0.3 is 10.5 Å². The lowest BCUT2D eigenvalue weighted by molar-refractivity contribution is 0.414. The van der Waals surface area contributed by atoms with E-state index in [9.17, 15) is 0 Å². The number of nitrogens with zero attached hydrogens (tertiary/aromatic N) is 2. The van der Waals surface area contributed by atoms with Crippen LogP contribution >= 0.6 is 22.9 Å². The number of thiophene rings is 1. The normalized spacial score (nSPS) is 11.1. The third-order valence-electron chi connectivity index (χ3n) is 3.82. The van der Waals surface area contributed by atoms with Crippen LogP contribution in [0.25, 0.3) is 26.3 Å². The Hall–Kier alpha value is -2.50. The van der Waals surface area contributed by atoms with E-state index in [1.807, 2.05) is 48.5 Å². The Balaban J connectivity index is 1.81. The van der Waals surface area contributed by atoms with Crippen LogP contribution in [-0.4, -0.2) is 16.9 Å². The molecule has 4 rings (SSSR count). The van der Waals surface area contributed by atoms with Crippen molar-refractivity contribution >= 4 is 38.8 Å². The predicted molar refractivity (Wildman–Crippen MR) is 100 cm³/mol. The van der Waals surface area contributed by atoms with Crippen molar-refractivity contribution in [3.05, 3.63) is 59.6 Å². The Kier molecular flexibility index (Phi) is 3.67. The van der Waals surface area contributed by atoms with E-state index in [2.05, 4.69) is 11.2 Å². The second-order valence-corrected chi connectivity index (χ2v) is 6.74. The summed E-state index contributed by atoms with van der Waals surface area (Å²) in [6, 6.07) is 17.5. The lowest BCUT2D eigenvalue weighted by atomic mass is 10.2. The summed E-state index contributed by atoms with van der Waals surface area (Å²) in [5.74, 6) is 1.35. The maximum Gasteiger partial charge on any atom is 0.127 e. The predicted octanol–water partition coefficient (Wildman–Crippen LogP) is 5.00.